The summed E-state index contributed by atoms with van der Waals surface area (Å²) in [5.41, 5.74) is 2.16. The highest BCUT2D eigenvalue weighted by Crippen LogP contribution is 2.31. The highest BCUT2D eigenvalue weighted by molar-refractivity contribution is 6.54. The summed E-state index contributed by atoms with van der Waals surface area (Å²) in [6, 6.07) is 7.86. The second-order valence-electron chi connectivity index (χ2n) is 9.59. The zero-order chi connectivity index (χ0) is 23.7. The number of hydrogen-bond donors (Lipinski definition) is 0. The standard InChI is InChI=1S/C25H34N8O/c1-18(2)33-20-13-7-6-12-19(20)21(22(33)34)29-30(3)23-26-24(31-14-8-4-9-15-31)28-25(27-23)32-16-10-5-11-17-32/h6-7,12-13,18H,4-5,8-11,14-17H2,1-3H3/b29-21-. The lowest BCUT2D eigenvalue weighted by atomic mass is 10.1. The van der Waals surface area contributed by atoms with Crippen LogP contribution in [0.1, 0.15) is 57.9 Å². The Balaban J connectivity index is 1.52. The summed E-state index contributed by atoms with van der Waals surface area (Å²) < 4.78 is 0. The third-order valence-electron chi connectivity index (χ3n) is 6.77. The lowest BCUT2D eigenvalue weighted by Gasteiger charge is -2.30. The molecule has 1 aromatic carbocycles. The number of para-hydroxylation sites is 1. The smallest absolute Gasteiger partial charge is 0.279 e. The van der Waals surface area contributed by atoms with Gasteiger partial charge in [-0.1, -0.05) is 18.2 Å². The van der Waals surface area contributed by atoms with Gasteiger partial charge in [-0.2, -0.15) is 20.1 Å². The molecule has 34 heavy (non-hydrogen) atoms. The van der Waals surface area contributed by atoms with Gasteiger partial charge in [0.05, 0.1) is 5.69 Å². The summed E-state index contributed by atoms with van der Waals surface area (Å²) in [4.78, 5) is 34.1. The first-order chi connectivity index (χ1) is 16.5. The Morgan fingerprint density at radius 2 is 1.41 bits per heavy atom. The SMILES string of the molecule is CC(C)N1C(=O)/C(=N\N(C)c2nc(N3CCCCC3)nc(N3CCCCC3)n2)c2ccccc21. The Morgan fingerprint density at radius 3 is 1.97 bits per heavy atom. The highest BCUT2D eigenvalue weighted by atomic mass is 16.2. The Kier molecular flexibility index (Phi) is 6.34. The van der Waals surface area contributed by atoms with E-state index >= 15 is 0 Å². The number of nitrogens with zero attached hydrogens (tertiary/aromatic N) is 8. The van der Waals surface area contributed by atoms with E-state index in [1.54, 1.807) is 9.91 Å². The molecule has 0 aliphatic carbocycles. The van der Waals surface area contributed by atoms with Gasteiger partial charge in [0.15, 0.2) is 5.71 Å². The van der Waals surface area contributed by atoms with Crippen molar-refractivity contribution in [1.82, 2.24) is 15.0 Å². The minimum absolute atomic E-state index is 0.0419. The Morgan fingerprint density at radius 1 is 0.853 bits per heavy atom. The van der Waals surface area contributed by atoms with Crippen LogP contribution in [-0.2, 0) is 4.79 Å². The van der Waals surface area contributed by atoms with E-state index in [2.05, 4.69) is 9.80 Å². The molecule has 9 nitrogen and oxygen atoms in total. The van der Waals surface area contributed by atoms with Gasteiger partial charge in [0.2, 0.25) is 11.9 Å². The molecule has 0 saturated carbocycles. The zero-order valence-corrected chi connectivity index (χ0v) is 20.4. The quantitative estimate of drug-likeness (QED) is 0.630. The second kappa shape index (κ2) is 9.56. The van der Waals surface area contributed by atoms with Gasteiger partial charge >= 0.3 is 0 Å². The number of benzene rings is 1. The van der Waals surface area contributed by atoms with Gasteiger partial charge in [0.1, 0.15) is 0 Å². The predicted molar refractivity (Wildman–Crippen MR) is 136 cm³/mol. The minimum Gasteiger partial charge on any atom is -0.341 e. The molecule has 0 atom stereocenters. The first kappa shape index (κ1) is 22.6. The van der Waals surface area contributed by atoms with Crippen molar-refractivity contribution in [2.75, 3.05) is 52.9 Å². The van der Waals surface area contributed by atoms with Crippen molar-refractivity contribution in [1.29, 1.82) is 0 Å². The molecule has 9 heteroatoms. The van der Waals surface area contributed by atoms with Crippen molar-refractivity contribution >= 4 is 35.2 Å². The maximum Gasteiger partial charge on any atom is 0.279 e. The van der Waals surface area contributed by atoms with E-state index in [1.807, 2.05) is 45.2 Å². The van der Waals surface area contributed by atoms with E-state index in [1.165, 1.54) is 12.8 Å². The van der Waals surface area contributed by atoms with Crippen molar-refractivity contribution in [3.63, 3.8) is 0 Å². The third-order valence-corrected chi connectivity index (χ3v) is 6.77. The van der Waals surface area contributed by atoms with Crippen LogP contribution >= 0.6 is 0 Å². The van der Waals surface area contributed by atoms with Gasteiger partial charge in [-0.3, -0.25) is 4.79 Å². The molecule has 4 heterocycles. The lowest BCUT2D eigenvalue weighted by Crippen LogP contribution is -2.37. The van der Waals surface area contributed by atoms with Crippen LogP contribution in [0.2, 0.25) is 0 Å². The van der Waals surface area contributed by atoms with E-state index in [-0.39, 0.29) is 11.9 Å². The molecular formula is C25H34N8O. The number of carbonyl (C=O) groups is 1. The molecular weight excluding hydrogens is 428 g/mol. The van der Waals surface area contributed by atoms with Crippen LogP contribution in [0.25, 0.3) is 0 Å². The molecule has 0 unspecified atom stereocenters. The number of anilines is 4. The van der Waals surface area contributed by atoms with Crippen LogP contribution in [0.3, 0.4) is 0 Å². The van der Waals surface area contributed by atoms with Crippen LogP contribution in [0.5, 0.6) is 0 Å². The Hall–Kier alpha value is -3.23. The number of rotatable bonds is 5. The van der Waals surface area contributed by atoms with Gasteiger partial charge in [-0.25, -0.2) is 5.01 Å². The van der Waals surface area contributed by atoms with Gasteiger partial charge in [-0.15, -0.1) is 0 Å². The molecule has 3 aliphatic heterocycles. The van der Waals surface area contributed by atoms with E-state index in [0.29, 0.717) is 23.6 Å². The fourth-order valence-corrected chi connectivity index (χ4v) is 4.99. The van der Waals surface area contributed by atoms with Crippen LogP contribution in [0.4, 0.5) is 23.5 Å². The largest absolute Gasteiger partial charge is 0.341 e. The molecule has 0 bridgehead atoms. The zero-order valence-electron chi connectivity index (χ0n) is 20.4. The molecule has 1 aromatic heterocycles. The molecule has 3 aliphatic rings. The van der Waals surface area contributed by atoms with Crippen LogP contribution in [-0.4, -0.2) is 65.8 Å². The molecule has 1 amide bonds. The molecule has 5 rings (SSSR count). The third kappa shape index (κ3) is 4.31. The van der Waals surface area contributed by atoms with Crippen molar-refractivity contribution in [2.45, 2.75) is 58.4 Å². The fourth-order valence-electron chi connectivity index (χ4n) is 4.99. The number of piperidine rings is 2. The first-order valence-electron chi connectivity index (χ1n) is 12.5. The van der Waals surface area contributed by atoms with E-state index in [0.717, 1.165) is 63.1 Å². The number of aromatic nitrogens is 3. The summed E-state index contributed by atoms with van der Waals surface area (Å²) in [6.45, 7) is 7.85. The molecule has 0 N–H and O–H groups in total. The first-order valence-corrected chi connectivity index (χ1v) is 12.5. The van der Waals surface area contributed by atoms with Crippen LogP contribution in [0, 0.1) is 0 Å². The molecule has 180 valence electrons. The summed E-state index contributed by atoms with van der Waals surface area (Å²) in [5, 5.41) is 6.38. The van der Waals surface area contributed by atoms with Crippen molar-refractivity contribution in [3.8, 4) is 0 Å². The lowest BCUT2D eigenvalue weighted by molar-refractivity contribution is -0.112. The average molecular weight is 463 g/mol. The average Bonchev–Trinajstić information content (AvgIpc) is 3.16. The fraction of sp³-hybridized carbons (Fsp3) is 0.560. The number of hydrazone groups is 1. The second-order valence-corrected chi connectivity index (χ2v) is 9.59. The van der Waals surface area contributed by atoms with Gasteiger partial charge in [0.25, 0.3) is 11.9 Å². The highest BCUT2D eigenvalue weighted by Gasteiger charge is 2.36. The van der Waals surface area contributed by atoms with Crippen LogP contribution in [0.15, 0.2) is 29.4 Å². The number of fused-ring (bicyclic) bond motifs is 1. The van der Waals surface area contributed by atoms with Crippen molar-refractivity contribution < 1.29 is 4.79 Å². The Bertz CT molecular complexity index is 1040. The topological polar surface area (TPSA) is 81.1 Å². The number of amides is 1. The van der Waals surface area contributed by atoms with Gasteiger partial charge in [-0.05, 0) is 58.4 Å². The van der Waals surface area contributed by atoms with Crippen molar-refractivity contribution in [2.24, 2.45) is 5.10 Å². The summed E-state index contributed by atoms with van der Waals surface area (Å²) in [7, 11) is 1.82. The molecule has 2 saturated heterocycles. The Labute approximate surface area is 201 Å². The van der Waals surface area contributed by atoms with E-state index < -0.39 is 0 Å². The van der Waals surface area contributed by atoms with Crippen LogP contribution < -0.4 is 19.7 Å². The summed E-state index contributed by atoms with van der Waals surface area (Å²) in [6.07, 6.45) is 7.08. The number of hydrogen-bond acceptors (Lipinski definition) is 8. The predicted octanol–water partition coefficient (Wildman–Crippen LogP) is 3.45. The molecule has 2 fully saturated rings. The van der Waals surface area contributed by atoms with Gasteiger partial charge in [0, 0.05) is 44.8 Å². The van der Waals surface area contributed by atoms with Gasteiger partial charge < -0.3 is 14.7 Å². The molecule has 0 spiro atoms. The molecule has 0 radical (unpaired) electrons. The van der Waals surface area contributed by atoms with E-state index in [4.69, 9.17) is 20.1 Å². The minimum atomic E-state index is -0.0929. The van der Waals surface area contributed by atoms with Crippen molar-refractivity contribution in [3.05, 3.63) is 29.8 Å². The summed E-state index contributed by atoms with van der Waals surface area (Å²) >= 11 is 0. The maximum absolute atomic E-state index is 13.3. The maximum atomic E-state index is 13.3. The monoisotopic (exact) mass is 462 g/mol. The normalized spacial score (nSPS) is 19.8. The molecule has 2 aromatic rings. The number of carbonyl (C=O) groups excluding carboxylic acids is 1. The summed E-state index contributed by atoms with van der Waals surface area (Å²) in [5.74, 6) is 1.79. The van der Waals surface area contributed by atoms with E-state index in [9.17, 15) is 4.79 Å².